The molecule has 0 radical (unpaired) electrons. The van der Waals surface area contributed by atoms with E-state index in [1.807, 2.05) is 31.5 Å². The van der Waals surface area contributed by atoms with Crippen LogP contribution >= 0.6 is 0 Å². The van der Waals surface area contributed by atoms with E-state index >= 15 is 0 Å². The molecule has 0 amide bonds. The van der Waals surface area contributed by atoms with Crippen molar-refractivity contribution in [1.82, 2.24) is 19.9 Å². The van der Waals surface area contributed by atoms with Crippen LogP contribution in [0.15, 0.2) is 30.7 Å². The quantitative estimate of drug-likeness (QED) is 0.567. The molecule has 164 valence electrons. The first-order chi connectivity index (χ1) is 15.6. The number of aromatic nitrogens is 4. The summed E-state index contributed by atoms with van der Waals surface area (Å²) >= 11 is 0.532. The second kappa shape index (κ2) is 8.62. The molecule has 1 atom stereocenters. The van der Waals surface area contributed by atoms with Gasteiger partial charge in [0.1, 0.15) is 18.0 Å². The van der Waals surface area contributed by atoms with Crippen LogP contribution in [0.1, 0.15) is 34.7 Å². The van der Waals surface area contributed by atoms with Crippen molar-refractivity contribution in [1.29, 1.82) is 0 Å². The Morgan fingerprint density at radius 3 is 2.94 bits per heavy atom. The fourth-order valence-electron chi connectivity index (χ4n) is 4.00. The molecule has 2 aliphatic rings. The van der Waals surface area contributed by atoms with E-state index in [1.54, 1.807) is 6.20 Å². The highest BCUT2D eigenvalue weighted by atomic mass is 32.1. The number of ether oxygens (including phenoxy) is 1. The van der Waals surface area contributed by atoms with Gasteiger partial charge in [-0.3, -0.25) is 4.98 Å². The zero-order valence-electron chi connectivity index (χ0n) is 18.0. The monoisotopic (exact) mass is 450 g/mol. The van der Waals surface area contributed by atoms with Crippen molar-refractivity contribution in [3.05, 3.63) is 53.2 Å². The van der Waals surface area contributed by atoms with Gasteiger partial charge in [0.05, 0.1) is 36.0 Å². The highest BCUT2D eigenvalue weighted by Crippen LogP contribution is 2.36. The van der Waals surface area contributed by atoms with E-state index < -0.39 is 0 Å². The topological polar surface area (TPSA) is 105 Å². The summed E-state index contributed by atoms with van der Waals surface area (Å²) in [5, 5.41) is 6.44. The second-order valence-corrected chi connectivity index (χ2v) is 8.80. The van der Waals surface area contributed by atoms with Gasteiger partial charge in [-0.1, -0.05) is 0 Å². The lowest BCUT2D eigenvalue weighted by Crippen LogP contribution is -2.32. The number of pyridine rings is 2. The molecular weight excluding hydrogens is 426 g/mol. The molecule has 3 aromatic rings. The average molecular weight is 451 g/mol. The number of fused-ring (bicyclic) bond motifs is 2. The van der Waals surface area contributed by atoms with Crippen LogP contribution in [0.5, 0.6) is 5.88 Å². The molecule has 32 heavy (non-hydrogen) atoms. The van der Waals surface area contributed by atoms with Crippen LogP contribution in [-0.2, 0) is 28.8 Å². The van der Waals surface area contributed by atoms with Crippen molar-refractivity contribution in [2.75, 3.05) is 35.2 Å². The third kappa shape index (κ3) is 3.93. The van der Waals surface area contributed by atoms with Crippen LogP contribution in [0.4, 0.5) is 23.0 Å². The molecule has 0 aliphatic carbocycles. The minimum Gasteiger partial charge on any atom is -0.474 e. The Balaban J connectivity index is 1.35. The molecule has 0 fully saturated rings. The van der Waals surface area contributed by atoms with Crippen molar-refractivity contribution in [3.8, 4) is 5.88 Å². The number of hydrogen-bond acceptors (Lipinski definition) is 9. The highest BCUT2D eigenvalue weighted by molar-refractivity contribution is 7.65. The van der Waals surface area contributed by atoms with E-state index in [0.717, 1.165) is 59.1 Å². The van der Waals surface area contributed by atoms with Gasteiger partial charge in [-0.15, -0.1) is 0 Å². The number of nitrogens with zero attached hydrogens (tertiary/aromatic N) is 5. The summed E-state index contributed by atoms with van der Waals surface area (Å²) in [4.78, 5) is 20.4. The Morgan fingerprint density at radius 1 is 1.22 bits per heavy atom. The molecule has 0 aromatic carbocycles. The zero-order valence-corrected chi connectivity index (χ0v) is 18.8. The van der Waals surface area contributed by atoms with E-state index in [2.05, 4.69) is 37.4 Å². The van der Waals surface area contributed by atoms with Crippen molar-refractivity contribution in [2.24, 2.45) is 0 Å². The van der Waals surface area contributed by atoms with Gasteiger partial charge in [0.2, 0.25) is 11.8 Å². The maximum absolute atomic E-state index is 11.0. The number of nitrogens with one attached hydrogen (secondary N) is 2. The smallest absolute Gasteiger partial charge is 0.468 e. The first kappa shape index (κ1) is 20.5. The van der Waals surface area contributed by atoms with Crippen LogP contribution < -0.4 is 20.3 Å². The Bertz CT molecular complexity index is 1160. The summed E-state index contributed by atoms with van der Waals surface area (Å²) in [6, 6.07) is 3.74. The number of hydrogen-bond donors (Lipinski definition) is 2. The van der Waals surface area contributed by atoms with Gasteiger partial charge < -0.3 is 20.3 Å². The molecule has 9 nitrogen and oxygen atoms in total. The summed E-state index contributed by atoms with van der Waals surface area (Å²) in [5.74, 6) is 1.20. The van der Waals surface area contributed by atoms with Gasteiger partial charge in [0, 0.05) is 36.0 Å². The summed E-state index contributed by atoms with van der Waals surface area (Å²) in [5.41, 5.74) is 6.90. The molecule has 0 saturated heterocycles. The molecule has 5 rings (SSSR count). The van der Waals surface area contributed by atoms with Crippen LogP contribution in [0.3, 0.4) is 0 Å². The van der Waals surface area contributed by atoms with Gasteiger partial charge in [-0.25, -0.2) is 15.0 Å². The van der Waals surface area contributed by atoms with Crippen molar-refractivity contribution in [3.63, 3.8) is 0 Å². The molecule has 5 heterocycles. The average Bonchev–Trinajstić information content (AvgIpc) is 2.84. The third-order valence-corrected chi connectivity index (χ3v) is 6.34. The lowest BCUT2D eigenvalue weighted by molar-refractivity contribution is 0.310. The normalized spacial score (nSPS) is 15.6. The molecule has 10 heteroatoms. The molecule has 2 aliphatic heterocycles. The van der Waals surface area contributed by atoms with Crippen LogP contribution in [0.25, 0.3) is 0 Å². The summed E-state index contributed by atoms with van der Waals surface area (Å²) in [6.07, 6.45) is 6.36. The molecule has 3 aromatic heterocycles. The molecule has 0 bridgehead atoms. The van der Waals surface area contributed by atoms with Gasteiger partial charge >= 0.3 is 11.7 Å². The van der Waals surface area contributed by atoms with E-state index in [9.17, 15) is 4.21 Å². The van der Waals surface area contributed by atoms with E-state index in [-0.39, 0.29) is 5.25 Å². The largest absolute Gasteiger partial charge is 0.474 e. The van der Waals surface area contributed by atoms with Crippen LogP contribution in [0, 0.1) is 6.92 Å². The molecular formula is C22H24N7O2S+. The highest BCUT2D eigenvalue weighted by Gasteiger charge is 2.24. The Morgan fingerprint density at radius 2 is 2.12 bits per heavy atom. The Hall–Kier alpha value is -3.40. The van der Waals surface area contributed by atoms with Gasteiger partial charge in [-0.05, 0) is 31.0 Å². The minimum atomic E-state index is -0.182. The lowest BCUT2D eigenvalue weighted by atomic mass is 10.0. The maximum atomic E-state index is 11.0. The fraction of sp³-hybridized carbons (Fsp3) is 0.364. The number of anilines is 4. The van der Waals surface area contributed by atoms with Crippen LogP contribution in [-0.4, -0.2) is 39.6 Å². The summed E-state index contributed by atoms with van der Waals surface area (Å²) in [7, 11) is 0. The standard InChI is InChI=1S/C22H24N7O2S/c1-13-19(11-25-21-20(13)23-6-8-31-21)29-7-5-15-9-26-22(28-18(15)12-29)27-16-3-4-17(24-10-16)14(2)32-30/h3-4,9-11,14,23H,5-8,12H2,1-2H3,(H,26,27,28)/q+1/t14-/m0/s1. The minimum absolute atomic E-state index is 0.182. The maximum Gasteiger partial charge on any atom is 0.468 e. The van der Waals surface area contributed by atoms with Gasteiger partial charge in [0.15, 0.2) is 0 Å². The van der Waals surface area contributed by atoms with E-state index in [0.29, 0.717) is 36.6 Å². The fourth-order valence-corrected chi connectivity index (χ4v) is 4.23. The first-order valence-electron chi connectivity index (χ1n) is 10.6. The van der Waals surface area contributed by atoms with Crippen molar-refractivity contribution in [2.45, 2.75) is 32.1 Å². The Labute approximate surface area is 190 Å². The van der Waals surface area contributed by atoms with E-state index in [1.165, 1.54) is 0 Å². The molecule has 0 saturated carbocycles. The van der Waals surface area contributed by atoms with Crippen molar-refractivity contribution >= 4 is 34.7 Å². The second-order valence-electron chi connectivity index (χ2n) is 7.90. The van der Waals surface area contributed by atoms with Crippen LogP contribution in [0.2, 0.25) is 0 Å². The zero-order chi connectivity index (χ0) is 22.1. The molecule has 0 spiro atoms. The van der Waals surface area contributed by atoms with Gasteiger partial charge in [0.25, 0.3) is 5.25 Å². The summed E-state index contributed by atoms with van der Waals surface area (Å²) < 4.78 is 16.6. The number of rotatable bonds is 5. The SMILES string of the molecule is Cc1c(N2CCc3cnc(Nc4ccc([C@H](C)[S+]=O)nc4)nc3C2)cnc2c1NCCO2. The van der Waals surface area contributed by atoms with E-state index in [4.69, 9.17) is 9.72 Å². The third-order valence-electron chi connectivity index (χ3n) is 5.81. The molecule has 2 N–H and O–H groups in total. The first-order valence-corrected chi connectivity index (χ1v) is 11.4. The predicted molar refractivity (Wildman–Crippen MR) is 124 cm³/mol. The Kier molecular flexibility index (Phi) is 5.52. The van der Waals surface area contributed by atoms with Crippen molar-refractivity contribution < 1.29 is 8.95 Å². The summed E-state index contributed by atoms with van der Waals surface area (Å²) in [6.45, 7) is 6.93. The van der Waals surface area contributed by atoms with Gasteiger partial charge in [-0.2, -0.15) is 0 Å². The molecule has 0 unspecified atom stereocenters. The predicted octanol–water partition coefficient (Wildman–Crippen LogP) is 3.17. The lowest BCUT2D eigenvalue weighted by Gasteiger charge is -2.32.